The van der Waals surface area contributed by atoms with Crippen molar-refractivity contribution < 1.29 is 22.3 Å². The molecule has 2 heterocycles. The lowest BCUT2D eigenvalue weighted by Crippen LogP contribution is -2.50. The molecule has 1 unspecified atom stereocenters. The first-order valence-electron chi connectivity index (χ1n) is 8.99. The quantitative estimate of drug-likeness (QED) is 0.752. The van der Waals surface area contributed by atoms with Crippen LogP contribution in [0.1, 0.15) is 24.8 Å². The Balaban J connectivity index is 1.79. The summed E-state index contributed by atoms with van der Waals surface area (Å²) in [4.78, 5) is 14.8. The Labute approximate surface area is 159 Å². The third-order valence-corrected chi connectivity index (χ3v) is 7.43. The van der Waals surface area contributed by atoms with Gasteiger partial charge in [0.2, 0.25) is 5.91 Å². The molecule has 2 saturated heterocycles. The highest BCUT2D eigenvalue weighted by Crippen LogP contribution is 2.41. The van der Waals surface area contributed by atoms with Crippen molar-refractivity contribution in [2.24, 2.45) is 5.41 Å². The predicted octanol–water partition coefficient (Wildman–Crippen LogP) is 1.46. The van der Waals surface area contributed by atoms with Gasteiger partial charge >= 0.3 is 0 Å². The summed E-state index contributed by atoms with van der Waals surface area (Å²) in [7, 11) is 0.936. The van der Waals surface area contributed by atoms with Gasteiger partial charge in [-0.1, -0.05) is 0 Å². The molecule has 0 N–H and O–H groups in total. The van der Waals surface area contributed by atoms with Crippen LogP contribution in [0.25, 0.3) is 0 Å². The maximum absolute atomic E-state index is 14.2. The summed E-state index contributed by atoms with van der Waals surface area (Å²) in [5.41, 5.74) is -0.313. The van der Waals surface area contributed by atoms with Crippen molar-refractivity contribution in [3.63, 3.8) is 0 Å². The Morgan fingerprint density at radius 3 is 2.67 bits per heavy atom. The van der Waals surface area contributed by atoms with E-state index in [1.165, 1.54) is 35.9 Å². The van der Waals surface area contributed by atoms with Crippen molar-refractivity contribution in [2.45, 2.75) is 25.8 Å². The van der Waals surface area contributed by atoms with E-state index in [9.17, 15) is 17.6 Å². The number of likely N-dealkylation sites (tertiary alicyclic amines) is 1. The second-order valence-corrected chi connectivity index (χ2v) is 9.58. The van der Waals surface area contributed by atoms with Gasteiger partial charge in [0.25, 0.3) is 10.2 Å². The third-order valence-electron chi connectivity index (χ3n) is 5.54. The Morgan fingerprint density at radius 1 is 1.26 bits per heavy atom. The van der Waals surface area contributed by atoms with Crippen LogP contribution in [0.15, 0.2) is 18.2 Å². The van der Waals surface area contributed by atoms with Crippen LogP contribution in [0.2, 0.25) is 0 Å². The van der Waals surface area contributed by atoms with Crippen molar-refractivity contribution in [1.29, 1.82) is 0 Å². The molecule has 2 aliphatic rings. The van der Waals surface area contributed by atoms with E-state index >= 15 is 0 Å². The molecule has 1 aromatic rings. The molecule has 7 nitrogen and oxygen atoms in total. The highest BCUT2D eigenvalue weighted by Gasteiger charge is 2.51. The minimum atomic E-state index is -3.55. The number of hydrogen-bond donors (Lipinski definition) is 0. The second-order valence-electron chi connectivity index (χ2n) is 7.44. The van der Waals surface area contributed by atoms with E-state index in [4.69, 9.17) is 4.74 Å². The van der Waals surface area contributed by atoms with Crippen LogP contribution >= 0.6 is 0 Å². The predicted molar refractivity (Wildman–Crippen MR) is 98.8 cm³/mol. The minimum Gasteiger partial charge on any atom is -0.497 e. The summed E-state index contributed by atoms with van der Waals surface area (Å²) in [5.74, 6) is 0.0635. The molecule has 0 aliphatic carbocycles. The molecule has 1 atom stereocenters. The molecule has 1 aromatic carbocycles. The number of piperidine rings is 1. The Kier molecular flexibility index (Phi) is 5.47. The van der Waals surface area contributed by atoms with E-state index in [0.29, 0.717) is 37.2 Å². The lowest BCUT2D eigenvalue weighted by molar-refractivity contribution is -0.146. The Bertz CT molecular complexity index is 830. The van der Waals surface area contributed by atoms with Crippen molar-refractivity contribution in [2.75, 3.05) is 40.8 Å². The van der Waals surface area contributed by atoms with Gasteiger partial charge < -0.3 is 9.64 Å². The van der Waals surface area contributed by atoms with Crippen LogP contribution < -0.4 is 4.74 Å². The SMILES string of the molecule is COc1ccc(F)c(CN2CCCC3(CCN(S(=O)(=O)N(C)C)C3)C2=O)c1. The summed E-state index contributed by atoms with van der Waals surface area (Å²) in [5, 5.41) is 0. The molecule has 27 heavy (non-hydrogen) atoms. The number of amides is 1. The van der Waals surface area contributed by atoms with E-state index in [1.54, 1.807) is 17.0 Å². The zero-order valence-corrected chi connectivity index (χ0v) is 16.8. The van der Waals surface area contributed by atoms with Crippen LogP contribution in [-0.4, -0.2) is 68.7 Å². The normalized spacial score (nSPS) is 24.2. The number of hydrogen-bond acceptors (Lipinski definition) is 4. The molecule has 0 aromatic heterocycles. The van der Waals surface area contributed by atoms with E-state index in [2.05, 4.69) is 0 Å². The zero-order chi connectivity index (χ0) is 19.8. The molecule has 2 fully saturated rings. The van der Waals surface area contributed by atoms with E-state index in [-0.39, 0.29) is 24.8 Å². The summed E-state index contributed by atoms with van der Waals surface area (Å²) in [6.07, 6.45) is 1.92. The average Bonchev–Trinajstić information content (AvgIpc) is 3.06. The van der Waals surface area contributed by atoms with Gasteiger partial charge in [-0.25, -0.2) is 4.39 Å². The third kappa shape index (κ3) is 3.68. The Hall–Kier alpha value is -1.71. The first kappa shape index (κ1) is 20.0. The smallest absolute Gasteiger partial charge is 0.281 e. The first-order chi connectivity index (χ1) is 12.7. The van der Waals surface area contributed by atoms with Crippen LogP contribution in [0, 0.1) is 11.2 Å². The molecular formula is C18H26FN3O4S. The van der Waals surface area contributed by atoms with Gasteiger partial charge in [-0.3, -0.25) is 4.79 Å². The zero-order valence-electron chi connectivity index (χ0n) is 15.9. The van der Waals surface area contributed by atoms with Gasteiger partial charge in [-0.2, -0.15) is 17.0 Å². The number of methoxy groups -OCH3 is 1. The van der Waals surface area contributed by atoms with Crippen molar-refractivity contribution in [1.82, 2.24) is 13.5 Å². The van der Waals surface area contributed by atoms with E-state index in [0.717, 1.165) is 6.42 Å². The summed E-state index contributed by atoms with van der Waals surface area (Å²) in [6, 6.07) is 4.47. The van der Waals surface area contributed by atoms with Crippen molar-refractivity contribution in [3.05, 3.63) is 29.6 Å². The number of nitrogens with zero attached hydrogens (tertiary/aromatic N) is 3. The lowest BCUT2D eigenvalue weighted by atomic mass is 9.78. The molecule has 0 saturated carbocycles. The van der Waals surface area contributed by atoms with Gasteiger partial charge in [0.15, 0.2) is 0 Å². The standard InChI is InChI=1S/C18H26FN3O4S/c1-20(2)27(24,25)22-10-8-18(13-22)7-4-9-21(17(18)23)12-14-11-15(26-3)5-6-16(14)19/h5-6,11H,4,7-10,12-13H2,1-3H3. The number of carbonyl (C=O) groups excluding carboxylic acids is 1. The fourth-order valence-electron chi connectivity index (χ4n) is 3.95. The van der Waals surface area contributed by atoms with Crippen LogP contribution in [0.3, 0.4) is 0 Å². The molecule has 0 bridgehead atoms. The number of carbonyl (C=O) groups is 1. The van der Waals surface area contributed by atoms with Crippen molar-refractivity contribution in [3.8, 4) is 5.75 Å². The second kappa shape index (κ2) is 7.37. The maximum Gasteiger partial charge on any atom is 0.281 e. The summed E-state index contributed by atoms with van der Waals surface area (Å²) >= 11 is 0. The fraction of sp³-hybridized carbons (Fsp3) is 0.611. The number of halogens is 1. The molecular weight excluding hydrogens is 373 g/mol. The number of rotatable bonds is 5. The lowest BCUT2D eigenvalue weighted by Gasteiger charge is -2.39. The number of benzene rings is 1. The highest BCUT2D eigenvalue weighted by molar-refractivity contribution is 7.86. The molecule has 1 spiro atoms. The largest absolute Gasteiger partial charge is 0.497 e. The first-order valence-corrected chi connectivity index (χ1v) is 10.4. The molecule has 0 radical (unpaired) electrons. The van der Waals surface area contributed by atoms with Gasteiger partial charge in [0.05, 0.1) is 12.5 Å². The van der Waals surface area contributed by atoms with Crippen molar-refractivity contribution >= 4 is 16.1 Å². The summed E-state index contributed by atoms with van der Waals surface area (Å²) < 4.78 is 46.7. The van der Waals surface area contributed by atoms with Gasteiger partial charge in [0, 0.05) is 45.8 Å². The maximum atomic E-state index is 14.2. The molecule has 2 aliphatic heterocycles. The van der Waals surface area contributed by atoms with Crippen LogP contribution in [0.5, 0.6) is 5.75 Å². The fourth-order valence-corrected chi connectivity index (χ4v) is 5.14. The molecule has 1 amide bonds. The van der Waals surface area contributed by atoms with Crippen LogP contribution in [0.4, 0.5) is 4.39 Å². The van der Waals surface area contributed by atoms with E-state index in [1.807, 2.05) is 0 Å². The topological polar surface area (TPSA) is 70.2 Å². The van der Waals surface area contributed by atoms with Gasteiger partial charge in [-0.15, -0.1) is 0 Å². The van der Waals surface area contributed by atoms with E-state index < -0.39 is 15.6 Å². The molecule has 9 heteroatoms. The van der Waals surface area contributed by atoms with Gasteiger partial charge in [0.1, 0.15) is 11.6 Å². The van der Waals surface area contributed by atoms with Gasteiger partial charge in [-0.05, 0) is 37.5 Å². The number of ether oxygens (including phenoxy) is 1. The van der Waals surface area contributed by atoms with Crippen LogP contribution in [-0.2, 0) is 21.5 Å². The monoisotopic (exact) mass is 399 g/mol. The Morgan fingerprint density at radius 2 is 2.00 bits per heavy atom. The highest BCUT2D eigenvalue weighted by atomic mass is 32.2. The molecule has 3 rings (SSSR count). The summed E-state index contributed by atoms with van der Waals surface area (Å²) in [6.45, 7) is 1.21. The molecule has 150 valence electrons. The minimum absolute atomic E-state index is 0.0903. The average molecular weight is 399 g/mol.